The van der Waals surface area contributed by atoms with Crippen LogP contribution < -0.4 is 4.74 Å². The predicted octanol–water partition coefficient (Wildman–Crippen LogP) is 4.77. The number of hydrogen-bond acceptors (Lipinski definition) is 7. The van der Waals surface area contributed by atoms with E-state index in [0.717, 1.165) is 11.3 Å². The first kappa shape index (κ1) is 18.1. The molecule has 0 aliphatic carbocycles. The average Bonchev–Trinajstić information content (AvgIpc) is 3.15. The molecular weight excluding hydrogens is 370 g/mol. The number of carbonyl (C=O) groups is 1. The standard InChI is InChI=1S/C16H16FO6PS/c1-8-15(17)14-9-5-13(10(18)7-24(19,21-3)22-4)25-12(9)6-11(20-2)16(14)23-8/h5-6H,7H2,1-4H3. The van der Waals surface area contributed by atoms with Gasteiger partial charge in [0.05, 0.1) is 17.4 Å². The Morgan fingerprint density at radius 2 is 1.96 bits per heavy atom. The minimum Gasteiger partial charge on any atom is -0.493 e. The zero-order valence-electron chi connectivity index (χ0n) is 14.0. The van der Waals surface area contributed by atoms with E-state index in [2.05, 4.69) is 0 Å². The Labute approximate surface area is 147 Å². The number of Topliss-reactive ketones (excluding diaryl/α,β-unsaturated/α-hetero) is 1. The second kappa shape index (κ2) is 6.53. The number of thiophene rings is 1. The van der Waals surface area contributed by atoms with Gasteiger partial charge < -0.3 is 18.2 Å². The topological polar surface area (TPSA) is 75.0 Å². The summed E-state index contributed by atoms with van der Waals surface area (Å²) >= 11 is 1.16. The summed E-state index contributed by atoms with van der Waals surface area (Å²) < 4.78 is 47.6. The molecule has 134 valence electrons. The minimum atomic E-state index is -3.47. The van der Waals surface area contributed by atoms with Gasteiger partial charge in [-0.2, -0.15) is 0 Å². The van der Waals surface area contributed by atoms with Crippen molar-refractivity contribution >= 4 is 45.8 Å². The van der Waals surface area contributed by atoms with Crippen molar-refractivity contribution in [1.82, 2.24) is 0 Å². The lowest BCUT2D eigenvalue weighted by molar-refractivity contribution is 0.101. The van der Waals surface area contributed by atoms with Gasteiger partial charge in [-0.25, -0.2) is 4.39 Å². The molecule has 0 saturated heterocycles. The van der Waals surface area contributed by atoms with Gasteiger partial charge in [0, 0.05) is 30.4 Å². The monoisotopic (exact) mass is 386 g/mol. The van der Waals surface area contributed by atoms with Crippen LogP contribution in [0.1, 0.15) is 15.4 Å². The molecule has 3 aromatic rings. The van der Waals surface area contributed by atoms with Gasteiger partial charge in [0.15, 0.2) is 22.9 Å². The number of benzene rings is 1. The fraction of sp³-hybridized carbons (Fsp3) is 0.312. The van der Waals surface area contributed by atoms with Crippen molar-refractivity contribution in [2.45, 2.75) is 6.92 Å². The van der Waals surface area contributed by atoms with E-state index < -0.39 is 19.2 Å². The quantitative estimate of drug-likeness (QED) is 0.449. The van der Waals surface area contributed by atoms with Gasteiger partial charge in [-0.15, -0.1) is 11.3 Å². The molecule has 0 amide bonds. The maximum absolute atomic E-state index is 14.5. The van der Waals surface area contributed by atoms with Crippen molar-refractivity contribution in [3.63, 3.8) is 0 Å². The van der Waals surface area contributed by atoms with Crippen molar-refractivity contribution in [3.05, 3.63) is 28.6 Å². The van der Waals surface area contributed by atoms with Crippen LogP contribution in [-0.4, -0.2) is 33.3 Å². The highest BCUT2D eigenvalue weighted by molar-refractivity contribution is 7.55. The van der Waals surface area contributed by atoms with E-state index in [-0.39, 0.29) is 17.3 Å². The normalized spacial score (nSPS) is 12.2. The first-order valence-electron chi connectivity index (χ1n) is 7.26. The molecule has 0 aliphatic rings. The molecule has 0 atom stereocenters. The molecule has 2 aromatic heterocycles. The summed E-state index contributed by atoms with van der Waals surface area (Å²) in [6.07, 6.45) is -0.389. The molecule has 0 saturated carbocycles. The zero-order chi connectivity index (χ0) is 18.4. The van der Waals surface area contributed by atoms with Crippen LogP contribution in [0.2, 0.25) is 0 Å². The van der Waals surface area contributed by atoms with Crippen LogP contribution in [0.3, 0.4) is 0 Å². The van der Waals surface area contributed by atoms with E-state index in [1.807, 2.05) is 0 Å². The van der Waals surface area contributed by atoms with Gasteiger partial charge in [-0.3, -0.25) is 9.36 Å². The number of rotatable bonds is 6. The molecule has 1 aromatic carbocycles. The third-order valence-corrected chi connectivity index (χ3v) is 6.83. The summed E-state index contributed by atoms with van der Waals surface area (Å²) in [6, 6.07) is 3.26. The molecule has 6 nitrogen and oxygen atoms in total. The van der Waals surface area contributed by atoms with Crippen LogP contribution in [0.15, 0.2) is 16.5 Å². The van der Waals surface area contributed by atoms with E-state index in [1.165, 1.54) is 28.3 Å². The molecule has 0 aliphatic heterocycles. The van der Waals surface area contributed by atoms with E-state index in [9.17, 15) is 13.8 Å². The second-order valence-corrected chi connectivity index (χ2v) is 8.69. The number of ketones is 1. The number of methoxy groups -OCH3 is 1. The van der Waals surface area contributed by atoms with Crippen LogP contribution in [0.4, 0.5) is 4.39 Å². The van der Waals surface area contributed by atoms with Gasteiger partial charge in [0.2, 0.25) is 0 Å². The second-order valence-electron chi connectivity index (χ2n) is 5.33. The highest BCUT2D eigenvalue weighted by Gasteiger charge is 2.28. The molecular formula is C16H16FO6PS. The Kier molecular flexibility index (Phi) is 4.72. The number of hydrogen-bond donors (Lipinski definition) is 0. The maximum Gasteiger partial charge on any atom is 0.337 e. The summed E-state index contributed by atoms with van der Waals surface area (Å²) in [5.41, 5.74) is 0.293. The van der Waals surface area contributed by atoms with Crippen LogP contribution in [0.25, 0.3) is 21.1 Å². The number of ether oxygens (including phenoxy) is 1. The first-order chi connectivity index (χ1) is 11.8. The number of fused-ring (bicyclic) bond motifs is 3. The zero-order valence-corrected chi connectivity index (χ0v) is 15.8. The van der Waals surface area contributed by atoms with Crippen molar-refractivity contribution in [3.8, 4) is 5.75 Å². The minimum absolute atomic E-state index is 0.142. The molecule has 9 heteroatoms. The van der Waals surface area contributed by atoms with Crippen LogP contribution in [0.5, 0.6) is 5.75 Å². The largest absolute Gasteiger partial charge is 0.493 e. The van der Waals surface area contributed by atoms with Gasteiger partial charge in [-0.05, 0) is 13.0 Å². The lowest BCUT2D eigenvalue weighted by atomic mass is 10.1. The molecule has 0 N–H and O–H groups in total. The molecule has 0 unspecified atom stereocenters. The third-order valence-electron chi connectivity index (χ3n) is 3.92. The highest BCUT2D eigenvalue weighted by atomic mass is 32.1. The van der Waals surface area contributed by atoms with E-state index >= 15 is 0 Å². The van der Waals surface area contributed by atoms with E-state index in [0.29, 0.717) is 26.3 Å². The molecule has 2 heterocycles. The van der Waals surface area contributed by atoms with Crippen LogP contribution >= 0.6 is 18.9 Å². The Hall–Kier alpha value is -1.73. The maximum atomic E-state index is 14.5. The van der Waals surface area contributed by atoms with E-state index in [1.54, 1.807) is 12.1 Å². The number of furan rings is 1. The SMILES string of the molecule is COc1cc2sc(C(=O)CP(=O)(OC)OC)cc2c2c(F)c(C)oc12. The number of carbonyl (C=O) groups excluding carboxylic acids is 1. The lowest BCUT2D eigenvalue weighted by Gasteiger charge is -2.11. The lowest BCUT2D eigenvalue weighted by Crippen LogP contribution is -2.06. The highest BCUT2D eigenvalue weighted by Crippen LogP contribution is 2.47. The fourth-order valence-electron chi connectivity index (χ4n) is 2.58. The summed E-state index contributed by atoms with van der Waals surface area (Å²) in [4.78, 5) is 12.8. The molecule has 3 rings (SSSR count). The Morgan fingerprint density at radius 1 is 1.28 bits per heavy atom. The van der Waals surface area contributed by atoms with Crippen molar-refractivity contribution < 1.29 is 32.0 Å². The summed E-state index contributed by atoms with van der Waals surface area (Å²) in [6.45, 7) is 1.52. The van der Waals surface area contributed by atoms with Crippen molar-refractivity contribution in [2.24, 2.45) is 0 Å². The molecule has 0 fully saturated rings. The molecule has 0 bridgehead atoms. The summed E-state index contributed by atoms with van der Waals surface area (Å²) in [5, 5.41) is 0.812. The molecule has 0 spiro atoms. The first-order valence-corrected chi connectivity index (χ1v) is 9.81. The van der Waals surface area contributed by atoms with Crippen LogP contribution in [0, 0.1) is 12.7 Å². The van der Waals surface area contributed by atoms with Crippen LogP contribution in [-0.2, 0) is 13.6 Å². The number of halogens is 1. The van der Waals surface area contributed by atoms with Gasteiger partial charge >= 0.3 is 7.60 Å². The smallest absolute Gasteiger partial charge is 0.337 e. The predicted molar refractivity (Wildman–Crippen MR) is 93.7 cm³/mol. The number of aryl methyl sites for hydroxylation is 1. The summed E-state index contributed by atoms with van der Waals surface area (Å²) in [5.74, 6) is -0.367. The van der Waals surface area contributed by atoms with Gasteiger partial charge in [0.25, 0.3) is 0 Å². The molecule has 0 radical (unpaired) electrons. The Balaban J connectivity index is 2.16. The Morgan fingerprint density at radius 3 is 2.56 bits per heavy atom. The van der Waals surface area contributed by atoms with Gasteiger partial charge in [-0.1, -0.05) is 0 Å². The van der Waals surface area contributed by atoms with Gasteiger partial charge in [0.1, 0.15) is 11.9 Å². The molecule has 25 heavy (non-hydrogen) atoms. The summed E-state index contributed by atoms with van der Waals surface area (Å²) in [7, 11) is 0.432. The van der Waals surface area contributed by atoms with E-state index in [4.69, 9.17) is 18.2 Å². The van der Waals surface area contributed by atoms with Crippen molar-refractivity contribution in [2.75, 3.05) is 27.5 Å². The third kappa shape index (κ3) is 3.00. The average molecular weight is 386 g/mol. The van der Waals surface area contributed by atoms with Crippen molar-refractivity contribution in [1.29, 1.82) is 0 Å². The fourth-order valence-corrected chi connectivity index (χ4v) is 4.65. The Bertz CT molecular complexity index is 1010.